The summed E-state index contributed by atoms with van der Waals surface area (Å²) >= 11 is 0. The van der Waals surface area contributed by atoms with E-state index in [0.29, 0.717) is 23.9 Å². The monoisotopic (exact) mass is 299 g/mol. The third-order valence-corrected chi connectivity index (χ3v) is 3.45. The van der Waals surface area contributed by atoms with Crippen LogP contribution in [0, 0.1) is 5.92 Å². The van der Waals surface area contributed by atoms with Crippen LogP contribution in [0.3, 0.4) is 0 Å². The first kappa shape index (κ1) is 14.2. The summed E-state index contributed by atoms with van der Waals surface area (Å²) in [6.07, 6.45) is 2.32. The van der Waals surface area contributed by atoms with Gasteiger partial charge in [-0.05, 0) is 18.1 Å². The first-order chi connectivity index (χ1) is 10.5. The zero-order valence-electron chi connectivity index (χ0n) is 12.7. The third-order valence-electron chi connectivity index (χ3n) is 3.45. The summed E-state index contributed by atoms with van der Waals surface area (Å²) in [5.41, 5.74) is 2.97. The smallest absolute Gasteiger partial charge is 0.413 e. The highest BCUT2D eigenvalue weighted by atomic mass is 16.4. The number of amides is 1. The van der Waals surface area contributed by atoms with Gasteiger partial charge in [0.05, 0.1) is 17.2 Å². The van der Waals surface area contributed by atoms with Gasteiger partial charge in [0.25, 0.3) is 0 Å². The normalized spacial score (nSPS) is 11.5. The summed E-state index contributed by atoms with van der Waals surface area (Å²) in [6, 6.07) is 3.71. The van der Waals surface area contributed by atoms with Gasteiger partial charge in [-0.15, -0.1) is 0 Å². The van der Waals surface area contributed by atoms with Crippen molar-refractivity contribution in [1.29, 1.82) is 0 Å². The van der Waals surface area contributed by atoms with Crippen molar-refractivity contribution >= 4 is 34.1 Å². The third kappa shape index (κ3) is 2.24. The lowest BCUT2D eigenvalue weighted by atomic mass is 10.2. The van der Waals surface area contributed by atoms with Crippen LogP contribution in [-0.2, 0) is 6.54 Å². The molecule has 0 aliphatic heterocycles. The van der Waals surface area contributed by atoms with Gasteiger partial charge in [0.2, 0.25) is 5.95 Å². The van der Waals surface area contributed by atoms with Gasteiger partial charge in [0.1, 0.15) is 11.0 Å². The Balaban J connectivity index is 2.36. The molecule has 0 radical (unpaired) electrons. The Labute approximate surface area is 127 Å². The second-order valence-electron chi connectivity index (χ2n) is 5.62. The Morgan fingerprint density at radius 1 is 1.36 bits per heavy atom. The molecule has 0 atom stereocenters. The second-order valence-corrected chi connectivity index (χ2v) is 5.62. The lowest BCUT2D eigenvalue weighted by molar-refractivity contribution is 0.202. The zero-order valence-corrected chi connectivity index (χ0v) is 12.7. The van der Waals surface area contributed by atoms with Crippen molar-refractivity contribution in [2.75, 3.05) is 11.9 Å². The number of fused-ring (bicyclic) bond motifs is 3. The maximum atomic E-state index is 11.3. The molecule has 7 heteroatoms. The van der Waals surface area contributed by atoms with Crippen LogP contribution in [0.25, 0.3) is 22.1 Å². The highest BCUT2D eigenvalue weighted by Crippen LogP contribution is 2.27. The molecule has 0 saturated heterocycles. The van der Waals surface area contributed by atoms with Crippen molar-refractivity contribution in [2.24, 2.45) is 5.92 Å². The number of nitrogens with zero attached hydrogens (tertiary/aromatic N) is 5. The maximum Gasteiger partial charge on any atom is 0.413 e. The summed E-state index contributed by atoms with van der Waals surface area (Å²) in [4.78, 5) is 25.6. The molecule has 0 fully saturated rings. The van der Waals surface area contributed by atoms with E-state index in [1.54, 1.807) is 12.4 Å². The molecule has 22 heavy (non-hydrogen) atoms. The van der Waals surface area contributed by atoms with Crippen LogP contribution in [0.4, 0.5) is 10.7 Å². The van der Waals surface area contributed by atoms with Crippen molar-refractivity contribution in [1.82, 2.24) is 19.5 Å². The summed E-state index contributed by atoms with van der Waals surface area (Å²) in [5.74, 6) is 0.724. The Kier molecular flexibility index (Phi) is 3.40. The van der Waals surface area contributed by atoms with Gasteiger partial charge < -0.3 is 9.67 Å². The molecule has 0 aromatic carbocycles. The molecule has 3 rings (SSSR count). The van der Waals surface area contributed by atoms with Gasteiger partial charge in [-0.25, -0.2) is 9.78 Å². The maximum absolute atomic E-state index is 11.3. The van der Waals surface area contributed by atoms with Gasteiger partial charge in [-0.1, -0.05) is 13.8 Å². The van der Waals surface area contributed by atoms with E-state index >= 15 is 0 Å². The topological polar surface area (TPSA) is 84.1 Å². The number of hydrogen-bond acceptors (Lipinski definition) is 4. The minimum Gasteiger partial charge on any atom is -0.465 e. The number of pyridine rings is 2. The van der Waals surface area contributed by atoms with Gasteiger partial charge in [0, 0.05) is 19.8 Å². The summed E-state index contributed by atoms with van der Waals surface area (Å²) in [5, 5.41) is 9.27. The van der Waals surface area contributed by atoms with E-state index < -0.39 is 6.09 Å². The van der Waals surface area contributed by atoms with Crippen molar-refractivity contribution in [3.8, 4) is 0 Å². The molecule has 3 aromatic rings. The molecular weight excluding hydrogens is 282 g/mol. The van der Waals surface area contributed by atoms with Crippen molar-refractivity contribution in [3.63, 3.8) is 0 Å². The molecule has 0 unspecified atom stereocenters. The van der Waals surface area contributed by atoms with Crippen LogP contribution in [-0.4, -0.2) is 37.8 Å². The van der Waals surface area contributed by atoms with E-state index in [0.717, 1.165) is 21.5 Å². The minimum absolute atomic E-state index is 0.338. The number of carboxylic acid groups (broad SMARTS) is 1. The number of anilines is 1. The molecule has 0 bridgehead atoms. The van der Waals surface area contributed by atoms with E-state index in [9.17, 15) is 9.90 Å². The molecular formula is C15H17N5O2. The molecule has 114 valence electrons. The van der Waals surface area contributed by atoms with Gasteiger partial charge in [-0.3, -0.25) is 14.9 Å². The average Bonchev–Trinajstić information content (AvgIpc) is 2.84. The molecule has 3 heterocycles. The standard InChI is InChI=1S/C15H17N5O2/c1-9(2)8-20-13-11(18-14(20)19(3)15(21)22)7-17-10-5-4-6-16-12(10)13/h4-7,9H,8H2,1-3H3,(H,21,22). The lowest BCUT2D eigenvalue weighted by Crippen LogP contribution is -2.27. The predicted molar refractivity (Wildman–Crippen MR) is 84.1 cm³/mol. The van der Waals surface area contributed by atoms with E-state index in [-0.39, 0.29) is 0 Å². The van der Waals surface area contributed by atoms with Crippen LogP contribution in [0.2, 0.25) is 0 Å². The van der Waals surface area contributed by atoms with E-state index in [2.05, 4.69) is 28.8 Å². The van der Waals surface area contributed by atoms with Crippen LogP contribution in [0.1, 0.15) is 13.8 Å². The fourth-order valence-electron chi connectivity index (χ4n) is 2.49. The number of aromatic nitrogens is 4. The number of hydrogen-bond donors (Lipinski definition) is 1. The Bertz CT molecular complexity index is 856. The van der Waals surface area contributed by atoms with E-state index in [1.165, 1.54) is 7.05 Å². The van der Waals surface area contributed by atoms with Crippen LogP contribution < -0.4 is 4.90 Å². The molecule has 0 aliphatic carbocycles. The SMILES string of the molecule is CC(C)Cn1c(N(C)C(=O)O)nc2cnc3cccnc3c21. The quantitative estimate of drug-likeness (QED) is 0.804. The lowest BCUT2D eigenvalue weighted by Gasteiger charge is -2.16. The molecule has 1 N–H and O–H groups in total. The van der Waals surface area contributed by atoms with Crippen LogP contribution in [0.15, 0.2) is 24.5 Å². The minimum atomic E-state index is -1.05. The Hall–Kier alpha value is -2.70. The Morgan fingerprint density at radius 2 is 2.14 bits per heavy atom. The largest absolute Gasteiger partial charge is 0.465 e. The van der Waals surface area contributed by atoms with Crippen LogP contribution in [0.5, 0.6) is 0 Å². The first-order valence-corrected chi connectivity index (χ1v) is 7.05. The van der Waals surface area contributed by atoms with Gasteiger partial charge in [0.15, 0.2) is 0 Å². The first-order valence-electron chi connectivity index (χ1n) is 7.05. The molecule has 7 nitrogen and oxygen atoms in total. The fraction of sp³-hybridized carbons (Fsp3) is 0.333. The summed E-state index contributed by atoms with van der Waals surface area (Å²) in [7, 11) is 1.49. The molecule has 3 aromatic heterocycles. The second kappa shape index (κ2) is 5.25. The van der Waals surface area contributed by atoms with Crippen molar-refractivity contribution in [2.45, 2.75) is 20.4 Å². The van der Waals surface area contributed by atoms with Crippen molar-refractivity contribution in [3.05, 3.63) is 24.5 Å². The molecule has 1 amide bonds. The number of rotatable bonds is 3. The highest BCUT2D eigenvalue weighted by Gasteiger charge is 2.21. The number of imidazole rings is 1. The molecule has 0 saturated carbocycles. The van der Waals surface area contributed by atoms with E-state index in [4.69, 9.17) is 0 Å². The summed E-state index contributed by atoms with van der Waals surface area (Å²) in [6.45, 7) is 4.81. The van der Waals surface area contributed by atoms with Gasteiger partial charge in [-0.2, -0.15) is 0 Å². The fourth-order valence-corrected chi connectivity index (χ4v) is 2.49. The zero-order chi connectivity index (χ0) is 15.9. The van der Waals surface area contributed by atoms with Crippen LogP contribution >= 0.6 is 0 Å². The van der Waals surface area contributed by atoms with Crippen molar-refractivity contribution < 1.29 is 9.90 Å². The van der Waals surface area contributed by atoms with E-state index in [1.807, 2.05) is 16.7 Å². The highest BCUT2D eigenvalue weighted by molar-refractivity contribution is 6.01. The molecule has 0 aliphatic rings. The average molecular weight is 299 g/mol. The predicted octanol–water partition coefficient (Wildman–Crippen LogP) is 2.75. The van der Waals surface area contributed by atoms with Gasteiger partial charge >= 0.3 is 6.09 Å². The number of carbonyl (C=O) groups is 1. The summed E-state index contributed by atoms with van der Waals surface area (Å²) < 4.78 is 1.91. The molecule has 0 spiro atoms. The Morgan fingerprint density at radius 3 is 2.82 bits per heavy atom.